The van der Waals surface area contributed by atoms with E-state index < -0.39 is 5.56 Å². The molecule has 2 aromatic carbocycles. The van der Waals surface area contributed by atoms with Gasteiger partial charge in [-0.05, 0) is 25.0 Å². The van der Waals surface area contributed by atoms with Crippen molar-refractivity contribution in [3.63, 3.8) is 0 Å². The Morgan fingerprint density at radius 1 is 0.800 bits per heavy atom. The number of benzene rings is 2. The molecule has 0 saturated heterocycles. The van der Waals surface area contributed by atoms with Crippen LogP contribution in [-0.2, 0) is 0 Å². The van der Waals surface area contributed by atoms with Crippen molar-refractivity contribution in [3.8, 4) is 17.1 Å². The Hall–Kier alpha value is -3.61. The first-order chi connectivity index (χ1) is 14.7. The molecule has 5 rings (SSSR count). The zero-order valence-corrected chi connectivity index (χ0v) is 16.4. The maximum atomic E-state index is 13.5. The van der Waals surface area contributed by atoms with Crippen LogP contribution in [0.25, 0.3) is 28.2 Å². The Kier molecular flexibility index (Phi) is 4.71. The summed E-state index contributed by atoms with van der Waals surface area (Å²) in [4.78, 5) is 31.4. The maximum absolute atomic E-state index is 13.5. The summed E-state index contributed by atoms with van der Waals surface area (Å²) in [5.41, 5.74) is 0.878. The monoisotopic (exact) mass is 399 g/mol. The molecule has 150 valence electrons. The predicted molar refractivity (Wildman–Crippen MR) is 115 cm³/mol. The standard InChI is InChI=1S/C23H21N5O2/c29-22-19-21(26-25-20(24-19)16-10-4-1-5-11-16)27(17-12-6-2-7-13-17)23(30)28(22)18-14-8-3-9-15-18/h1,3-5,8-11,14-15,17H,2,6-7,12-13H2. The van der Waals surface area contributed by atoms with E-state index >= 15 is 0 Å². The first kappa shape index (κ1) is 18.4. The lowest BCUT2D eigenvalue weighted by atomic mass is 9.95. The minimum atomic E-state index is -0.472. The first-order valence-electron chi connectivity index (χ1n) is 10.3. The average molecular weight is 399 g/mol. The summed E-state index contributed by atoms with van der Waals surface area (Å²) in [5, 5.41) is 8.57. The number of nitrogens with zero attached hydrogens (tertiary/aromatic N) is 5. The lowest BCUT2D eigenvalue weighted by Gasteiger charge is -2.25. The Bertz CT molecular complexity index is 1310. The smallest absolute Gasteiger partial charge is 0.271 e. The van der Waals surface area contributed by atoms with Crippen LogP contribution in [0, 0.1) is 0 Å². The molecule has 1 saturated carbocycles. The fourth-order valence-corrected chi connectivity index (χ4v) is 4.20. The molecule has 0 atom stereocenters. The van der Waals surface area contributed by atoms with Crippen LogP contribution in [0.15, 0.2) is 70.3 Å². The highest BCUT2D eigenvalue weighted by molar-refractivity contribution is 5.71. The van der Waals surface area contributed by atoms with E-state index in [2.05, 4.69) is 15.2 Å². The Balaban J connectivity index is 1.83. The number of hydrogen-bond donors (Lipinski definition) is 0. The molecule has 0 spiro atoms. The molecule has 0 unspecified atom stereocenters. The van der Waals surface area contributed by atoms with E-state index in [4.69, 9.17) is 0 Å². The summed E-state index contributed by atoms with van der Waals surface area (Å²) in [7, 11) is 0. The summed E-state index contributed by atoms with van der Waals surface area (Å²) in [5.74, 6) is 0.369. The zero-order chi connectivity index (χ0) is 20.5. The second-order valence-corrected chi connectivity index (χ2v) is 7.59. The SMILES string of the molecule is O=c1c2nc(-c3ccccc3)nnc2n(C2CCCCC2)c(=O)n1-c1ccccc1. The molecule has 1 aliphatic carbocycles. The lowest BCUT2D eigenvalue weighted by Crippen LogP contribution is -2.41. The van der Waals surface area contributed by atoms with E-state index in [1.807, 2.05) is 48.5 Å². The molecule has 0 amide bonds. The maximum Gasteiger partial charge on any atom is 0.337 e. The molecular weight excluding hydrogens is 378 g/mol. The number of fused-ring (bicyclic) bond motifs is 1. The van der Waals surface area contributed by atoms with Crippen LogP contribution in [0.5, 0.6) is 0 Å². The molecule has 1 fully saturated rings. The molecule has 0 aliphatic heterocycles. The second-order valence-electron chi connectivity index (χ2n) is 7.59. The van der Waals surface area contributed by atoms with Gasteiger partial charge in [-0.25, -0.2) is 14.3 Å². The van der Waals surface area contributed by atoms with Gasteiger partial charge in [-0.1, -0.05) is 67.8 Å². The van der Waals surface area contributed by atoms with Crippen LogP contribution in [0.2, 0.25) is 0 Å². The molecular formula is C23H21N5O2. The van der Waals surface area contributed by atoms with Crippen LogP contribution in [0.3, 0.4) is 0 Å². The van der Waals surface area contributed by atoms with Gasteiger partial charge < -0.3 is 0 Å². The van der Waals surface area contributed by atoms with Gasteiger partial charge in [-0.3, -0.25) is 9.36 Å². The van der Waals surface area contributed by atoms with E-state index in [0.717, 1.165) is 37.7 Å². The Morgan fingerprint density at radius 3 is 2.17 bits per heavy atom. The fraction of sp³-hybridized carbons (Fsp3) is 0.261. The molecule has 4 aromatic rings. The van der Waals surface area contributed by atoms with Crippen LogP contribution in [0.1, 0.15) is 38.1 Å². The molecule has 30 heavy (non-hydrogen) atoms. The molecule has 0 bridgehead atoms. The van der Waals surface area contributed by atoms with Crippen LogP contribution < -0.4 is 11.2 Å². The third kappa shape index (κ3) is 3.12. The summed E-state index contributed by atoms with van der Waals surface area (Å²) in [6.07, 6.45) is 5.01. The average Bonchev–Trinajstić information content (AvgIpc) is 2.81. The molecule has 7 heteroatoms. The van der Waals surface area contributed by atoms with Gasteiger partial charge in [0.25, 0.3) is 5.56 Å². The third-order valence-electron chi connectivity index (χ3n) is 5.69. The number of hydrogen-bond acceptors (Lipinski definition) is 5. The summed E-state index contributed by atoms with van der Waals surface area (Å²) >= 11 is 0. The number of aromatic nitrogens is 5. The fourth-order valence-electron chi connectivity index (χ4n) is 4.20. The quantitative estimate of drug-likeness (QED) is 0.526. The Morgan fingerprint density at radius 2 is 1.47 bits per heavy atom. The largest absolute Gasteiger partial charge is 0.337 e. The van der Waals surface area contributed by atoms with Gasteiger partial charge in [0.1, 0.15) is 0 Å². The van der Waals surface area contributed by atoms with Gasteiger partial charge in [0.15, 0.2) is 17.0 Å². The van der Waals surface area contributed by atoms with Gasteiger partial charge >= 0.3 is 5.69 Å². The van der Waals surface area contributed by atoms with Crippen molar-refractivity contribution < 1.29 is 0 Å². The van der Waals surface area contributed by atoms with E-state index in [1.54, 1.807) is 16.7 Å². The molecule has 0 radical (unpaired) electrons. The first-order valence-corrected chi connectivity index (χ1v) is 10.3. The van der Waals surface area contributed by atoms with Gasteiger partial charge in [0.05, 0.1) is 5.69 Å². The van der Waals surface area contributed by atoms with Crippen molar-refractivity contribution in [2.75, 3.05) is 0 Å². The van der Waals surface area contributed by atoms with Crippen LogP contribution in [0.4, 0.5) is 0 Å². The zero-order valence-electron chi connectivity index (χ0n) is 16.4. The molecule has 1 aliphatic rings. The number of para-hydroxylation sites is 1. The van der Waals surface area contributed by atoms with Crippen molar-refractivity contribution in [2.45, 2.75) is 38.1 Å². The van der Waals surface area contributed by atoms with Crippen molar-refractivity contribution in [1.29, 1.82) is 0 Å². The molecule has 2 heterocycles. The number of rotatable bonds is 3. The van der Waals surface area contributed by atoms with E-state index in [9.17, 15) is 9.59 Å². The van der Waals surface area contributed by atoms with Crippen LogP contribution in [-0.4, -0.2) is 24.3 Å². The highest BCUT2D eigenvalue weighted by Gasteiger charge is 2.24. The third-order valence-corrected chi connectivity index (χ3v) is 5.69. The van der Waals surface area contributed by atoms with E-state index in [0.29, 0.717) is 11.5 Å². The topological polar surface area (TPSA) is 82.7 Å². The van der Waals surface area contributed by atoms with E-state index in [1.165, 1.54) is 4.57 Å². The second kappa shape index (κ2) is 7.67. The molecule has 0 N–H and O–H groups in total. The minimum absolute atomic E-state index is 0.0111. The normalized spacial score (nSPS) is 14.8. The summed E-state index contributed by atoms with van der Waals surface area (Å²) < 4.78 is 2.85. The van der Waals surface area contributed by atoms with Crippen molar-refractivity contribution in [3.05, 3.63) is 81.5 Å². The van der Waals surface area contributed by atoms with Gasteiger partial charge in [-0.2, -0.15) is 0 Å². The van der Waals surface area contributed by atoms with Crippen molar-refractivity contribution in [1.82, 2.24) is 24.3 Å². The summed E-state index contributed by atoms with van der Waals surface area (Å²) in [6.45, 7) is 0. The predicted octanol–water partition coefficient (Wildman–Crippen LogP) is 3.51. The minimum Gasteiger partial charge on any atom is -0.271 e. The molecule has 7 nitrogen and oxygen atoms in total. The highest BCUT2D eigenvalue weighted by atomic mass is 16.2. The van der Waals surface area contributed by atoms with Gasteiger partial charge in [-0.15, -0.1) is 10.2 Å². The van der Waals surface area contributed by atoms with Gasteiger partial charge in [0, 0.05) is 11.6 Å². The molecule has 2 aromatic heterocycles. The van der Waals surface area contributed by atoms with E-state index in [-0.39, 0.29) is 22.9 Å². The Labute approximate surface area is 172 Å². The van der Waals surface area contributed by atoms with Crippen molar-refractivity contribution >= 4 is 11.2 Å². The van der Waals surface area contributed by atoms with Crippen LogP contribution >= 0.6 is 0 Å². The van der Waals surface area contributed by atoms with Gasteiger partial charge in [0.2, 0.25) is 0 Å². The highest BCUT2D eigenvalue weighted by Crippen LogP contribution is 2.28. The summed E-state index contributed by atoms with van der Waals surface area (Å²) in [6, 6.07) is 18.4. The van der Waals surface area contributed by atoms with Crippen molar-refractivity contribution in [2.24, 2.45) is 0 Å². The lowest BCUT2D eigenvalue weighted by molar-refractivity contribution is 0.346.